The van der Waals surface area contributed by atoms with E-state index in [0.717, 1.165) is 33.1 Å². The second-order valence-electron chi connectivity index (χ2n) is 12.1. The van der Waals surface area contributed by atoms with Gasteiger partial charge in [-0.05, 0) is 73.1 Å². The van der Waals surface area contributed by atoms with Crippen molar-refractivity contribution in [2.75, 3.05) is 16.8 Å². The van der Waals surface area contributed by atoms with Crippen LogP contribution in [0.25, 0.3) is 0 Å². The molecule has 3 aromatic carbocycles. The summed E-state index contributed by atoms with van der Waals surface area (Å²) in [4.78, 5) is 58.3. The second-order valence-corrected chi connectivity index (χ2v) is 14.3. The number of anilines is 2. The van der Waals surface area contributed by atoms with E-state index in [4.69, 9.17) is 4.74 Å². The van der Waals surface area contributed by atoms with E-state index in [1.807, 2.05) is 55.5 Å². The summed E-state index contributed by atoms with van der Waals surface area (Å²) in [5, 5.41) is 3.70. The number of aryl methyl sites for hydroxylation is 1. The van der Waals surface area contributed by atoms with Crippen LogP contribution in [0.5, 0.6) is 5.75 Å². The van der Waals surface area contributed by atoms with Crippen molar-refractivity contribution in [2.24, 2.45) is 29.6 Å². The third-order valence-corrected chi connectivity index (χ3v) is 12.4. The van der Waals surface area contributed by atoms with Crippen molar-refractivity contribution in [1.29, 1.82) is 0 Å². The number of aromatic nitrogens is 1. The van der Waals surface area contributed by atoms with E-state index in [9.17, 15) is 23.6 Å². The number of amides is 3. The van der Waals surface area contributed by atoms with Crippen LogP contribution in [0.1, 0.15) is 28.3 Å². The fourth-order valence-corrected chi connectivity index (χ4v) is 11.0. The van der Waals surface area contributed by atoms with Crippen molar-refractivity contribution in [1.82, 2.24) is 4.98 Å². The van der Waals surface area contributed by atoms with Crippen molar-refractivity contribution in [2.45, 2.75) is 29.5 Å². The summed E-state index contributed by atoms with van der Waals surface area (Å²) in [6, 6.07) is 20.6. The number of thiazole rings is 1. The average Bonchev–Trinajstić information content (AvgIpc) is 3.77. The van der Waals surface area contributed by atoms with Gasteiger partial charge in [-0.1, -0.05) is 47.7 Å². The molecule has 2 aliphatic carbocycles. The molecule has 4 aliphatic rings. The number of benzene rings is 3. The molecule has 2 bridgehead atoms. The van der Waals surface area contributed by atoms with Crippen LogP contribution in [-0.2, 0) is 14.4 Å². The highest BCUT2D eigenvalue weighted by Crippen LogP contribution is 2.69. The summed E-state index contributed by atoms with van der Waals surface area (Å²) >= 11 is 2.77. The predicted octanol–water partition coefficient (Wildman–Crippen LogP) is 5.58. The van der Waals surface area contributed by atoms with Crippen molar-refractivity contribution in [3.8, 4) is 5.75 Å². The largest absolute Gasteiger partial charge is 0.483 e. The first-order chi connectivity index (χ1) is 21.8. The lowest BCUT2D eigenvalue weighted by atomic mass is 9.68. The van der Waals surface area contributed by atoms with Crippen LogP contribution in [0.4, 0.5) is 15.8 Å². The van der Waals surface area contributed by atoms with Crippen LogP contribution in [-0.4, -0.2) is 34.6 Å². The van der Waals surface area contributed by atoms with E-state index in [-0.39, 0.29) is 58.1 Å². The molecule has 1 saturated heterocycles. The lowest BCUT2D eigenvalue weighted by Gasteiger charge is -2.43. The summed E-state index contributed by atoms with van der Waals surface area (Å²) in [5.41, 5.74) is 2.90. The highest BCUT2D eigenvalue weighted by molar-refractivity contribution is 8.00. The number of para-hydroxylation sites is 2. The zero-order chi connectivity index (χ0) is 31.0. The number of hydrogen-bond acceptors (Lipinski definition) is 7. The summed E-state index contributed by atoms with van der Waals surface area (Å²) in [6.07, 6.45) is 0.740. The smallest absolute Gasteiger partial charge is 0.305 e. The van der Waals surface area contributed by atoms with Gasteiger partial charge < -0.3 is 15.0 Å². The number of aromatic amines is 1. The molecule has 45 heavy (non-hydrogen) atoms. The Kier molecular flexibility index (Phi) is 6.72. The molecular weight excluding hydrogens is 614 g/mol. The molecule has 2 N–H and O–H groups in total. The van der Waals surface area contributed by atoms with Crippen LogP contribution in [0.2, 0.25) is 0 Å². The quantitative estimate of drug-likeness (QED) is 0.266. The minimum atomic E-state index is -0.484. The maximum atomic E-state index is 13.9. The number of rotatable bonds is 6. The minimum Gasteiger partial charge on any atom is -0.483 e. The van der Waals surface area contributed by atoms with Gasteiger partial charge in [-0.3, -0.25) is 24.1 Å². The number of ether oxygens (including phenoxy) is 1. The average molecular weight is 642 g/mol. The standard InChI is InChI=1S/C34H28FN3O5S2/c1-16-6-2-4-8-22(16)36-24(39)15-43-23-9-5-3-7-19(23)25-26-20-14-21(29(26)44-31-30(25)45-34(42)37-31)28-27(20)32(40)38(33(28)41)18-12-10-17(35)11-13-18/h2-13,20-21,25-29H,14-15H2,1H3,(H,36,39)(H,37,42)/t20-,21-,25+,26-,27+,28+,29-/m1/s1. The molecule has 228 valence electrons. The van der Waals surface area contributed by atoms with E-state index in [1.54, 1.807) is 11.8 Å². The van der Waals surface area contributed by atoms with Gasteiger partial charge >= 0.3 is 4.87 Å². The first-order valence-corrected chi connectivity index (χ1v) is 16.6. The molecule has 2 saturated carbocycles. The minimum absolute atomic E-state index is 0.00123. The SMILES string of the molecule is Cc1ccccc1NC(=O)COc1ccccc1[C@@H]1c2sc(=O)[nH]c2S[C@@H]2[C@@H]3C[C@@H]([C@@H]4C(=O)N(c5ccc(F)cc5)C(=O)[C@@H]34)[C@H]12. The first kappa shape index (κ1) is 28.3. The van der Waals surface area contributed by atoms with Gasteiger partial charge in [-0.2, -0.15) is 0 Å². The second kappa shape index (κ2) is 10.7. The maximum Gasteiger partial charge on any atom is 0.305 e. The highest BCUT2D eigenvalue weighted by Gasteiger charge is 2.69. The van der Waals surface area contributed by atoms with E-state index >= 15 is 0 Å². The number of carbonyl (C=O) groups is 3. The third-order valence-electron chi connectivity index (χ3n) is 9.84. The zero-order valence-corrected chi connectivity index (χ0v) is 25.7. The van der Waals surface area contributed by atoms with Gasteiger partial charge in [0, 0.05) is 27.3 Å². The van der Waals surface area contributed by atoms with E-state index < -0.39 is 17.7 Å². The van der Waals surface area contributed by atoms with Crippen molar-refractivity contribution in [3.05, 3.63) is 104 Å². The number of hydrogen-bond donors (Lipinski definition) is 2. The van der Waals surface area contributed by atoms with Crippen LogP contribution in [0.3, 0.4) is 0 Å². The summed E-state index contributed by atoms with van der Waals surface area (Å²) in [5.74, 6) is -2.02. The van der Waals surface area contributed by atoms with Crippen LogP contribution >= 0.6 is 23.1 Å². The first-order valence-electron chi connectivity index (χ1n) is 14.9. The van der Waals surface area contributed by atoms with Gasteiger partial charge in [0.05, 0.1) is 22.5 Å². The number of nitrogens with zero attached hydrogens (tertiary/aromatic N) is 1. The Bertz CT molecular complexity index is 1920. The van der Waals surface area contributed by atoms with Crippen molar-refractivity contribution in [3.63, 3.8) is 0 Å². The van der Waals surface area contributed by atoms with Gasteiger partial charge in [0.2, 0.25) is 11.8 Å². The molecule has 4 aromatic rings. The molecule has 3 heterocycles. The number of H-pyrrole nitrogens is 1. The Balaban J connectivity index is 1.13. The lowest BCUT2D eigenvalue weighted by Crippen LogP contribution is -2.42. The summed E-state index contributed by atoms with van der Waals surface area (Å²) in [6.45, 7) is 1.72. The maximum absolute atomic E-state index is 13.9. The molecule has 8 nitrogen and oxygen atoms in total. The normalized spacial score (nSPS) is 27.7. The van der Waals surface area contributed by atoms with E-state index in [1.165, 1.54) is 40.5 Å². The van der Waals surface area contributed by atoms with Crippen LogP contribution < -0.4 is 19.8 Å². The third kappa shape index (κ3) is 4.46. The molecule has 0 unspecified atom stereocenters. The lowest BCUT2D eigenvalue weighted by molar-refractivity contribution is -0.123. The molecule has 8 rings (SSSR count). The molecule has 2 aliphatic heterocycles. The summed E-state index contributed by atoms with van der Waals surface area (Å²) < 4.78 is 19.8. The molecule has 0 spiro atoms. The molecule has 3 fully saturated rings. The number of thioether (sulfide) groups is 1. The molecule has 3 amide bonds. The van der Waals surface area contributed by atoms with Crippen molar-refractivity contribution < 1.29 is 23.5 Å². The van der Waals surface area contributed by atoms with E-state index in [2.05, 4.69) is 10.3 Å². The van der Waals surface area contributed by atoms with Crippen molar-refractivity contribution >= 4 is 52.2 Å². The summed E-state index contributed by atoms with van der Waals surface area (Å²) in [7, 11) is 0. The predicted molar refractivity (Wildman–Crippen MR) is 169 cm³/mol. The fraction of sp³-hybridized carbons (Fsp3) is 0.294. The van der Waals surface area contributed by atoms with Crippen LogP contribution in [0.15, 0.2) is 82.6 Å². The van der Waals surface area contributed by atoms with Gasteiger partial charge in [-0.15, -0.1) is 11.8 Å². The van der Waals surface area contributed by atoms with Gasteiger partial charge in [0.25, 0.3) is 5.91 Å². The molecule has 1 aromatic heterocycles. The Labute approximate surface area is 266 Å². The van der Waals surface area contributed by atoms with E-state index in [0.29, 0.717) is 11.4 Å². The molecule has 0 radical (unpaired) electrons. The Morgan fingerprint density at radius 1 is 0.978 bits per heavy atom. The molecule has 11 heteroatoms. The Hall–Kier alpha value is -4.22. The van der Waals surface area contributed by atoms with Gasteiger partial charge in [0.1, 0.15) is 11.6 Å². The Morgan fingerprint density at radius 2 is 1.69 bits per heavy atom. The number of carbonyl (C=O) groups excluding carboxylic acids is 3. The Morgan fingerprint density at radius 3 is 2.47 bits per heavy atom. The van der Waals surface area contributed by atoms with Gasteiger partial charge in [-0.25, -0.2) is 4.39 Å². The topological polar surface area (TPSA) is 109 Å². The number of halogens is 1. The number of nitrogens with one attached hydrogen (secondary N) is 2. The van der Waals surface area contributed by atoms with Gasteiger partial charge in [0.15, 0.2) is 6.61 Å². The fourth-order valence-electron chi connectivity index (χ4n) is 8.12. The zero-order valence-electron chi connectivity index (χ0n) is 24.1. The highest BCUT2D eigenvalue weighted by atomic mass is 32.2. The number of fused-ring (bicyclic) bond motifs is 9. The van der Waals surface area contributed by atoms with Crippen LogP contribution in [0, 0.1) is 42.3 Å². The molecular formula is C34H28FN3O5S2. The monoisotopic (exact) mass is 641 g/mol. The number of imide groups is 1. The molecule has 7 atom stereocenters.